The zero-order valence-electron chi connectivity index (χ0n) is 14.3. The van der Waals surface area contributed by atoms with Crippen LogP contribution in [0.15, 0.2) is 35.8 Å². The molecule has 0 saturated heterocycles. The molecule has 0 radical (unpaired) electrons. The van der Waals surface area contributed by atoms with Crippen molar-refractivity contribution in [3.05, 3.63) is 53.4 Å². The molecule has 1 atom stereocenters. The molecule has 4 nitrogen and oxygen atoms in total. The van der Waals surface area contributed by atoms with Crippen LogP contribution in [0.5, 0.6) is 0 Å². The summed E-state index contributed by atoms with van der Waals surface area (Å²) in [5, 5.41) is 7.73. The molecule has 0 amide bonds. The van der Waals surface area contributed by atoms with E-state index in [9.17, 15) is 13.2 Å². The van der Waals surface area contributed by atoms with Crippen molar-refractivity contribution in [3.8, 4) is 0 Å². The summed E-state index contributed by atoms with van der Waals surface area (Å²) in [6.07, 6.45) is -4.34. The largest absolute Gasteiger partial charge is 0.416 e. The number of hydrogen-bond donors (Lipinski definition) is 1. The maximum atomic E-state index is 12.8. The van der Waals surface area contributed by atoms with Crippen molar-refractivity contribution in [2.75, 3.05) is 0 Å². The topological polar surface area (TPSA) is 42.2 Å². The van der Waals surface area contributed by atoms with Crippen LogP contribution in [0.2, 0.25) is 0 Å². The molecule has 1 aliphatic rings. The Labute approximate surface area is 144 Å². The van der Waals surface area contributed by atoms with Crippen molar-refractivity contribution in [1.82, 2.24) is 15.1 Å². The van der Waals surface area contributed by atoms with E-state index in [2.05, 4.69) is 22.0 Å². The van der Waals surface area contributed by atoms with Gasteiger partial charge in [-0.25, -0.2) is 4.99 Å². The van der Waals surface area contributed by atoms with Crippen LogP contribution in [0.25, 0.3) is 5.70 Å². The van der Waals surface area contributed by atoms with Crippen LogP contribution >= 0.6 is 0 Å². The number of fused-ring (bicyclic) bond motifs is 1. The molecule has 1 aromatic carbocycles. The highest BCUT2D eigenvalue weighted by Crippen LogP contribution is 2.38. The van der Waals surface area contributed by atoms with Crippen LogP contribution in [0.4, 0.5) is 18.9 Å². The highest BCUT2D eigenvalue weighted by molar-refractivity contribution is 5.96. The monoisotopic (exact) mass is 348 g/mol. The number of benzene rings is 1. The lowest BCUT2D eigenvalue weighted by molar-refractivity contribution is -0.137. The van der Waals surface area contributed by atoms with Gasteiger partial charge < -0.3 is 5.32 Å². The van der Waals surface area contributed by atoms with E-state index in [0.29, 0.717) is 12.4 Å². The average molecular weight is 348 g/mol. The van der Waals surface area contributed by atoms with Crippen LogP contribution in [-0.2, 0) is 12.7 Å². The fourth-order valence-electron chi connectivity index (χ4n) is 2.99. The third-order valence-corrected chi connectivity index (χ3v) is 4.30. The minimum Gasteiger partial charge on any atom is -0.343 e. The van der Waals surface area contributed by atoms with Crippen molar-refractivity contribution in [3.63, 3.8) is 0 Å². The second kappa shape index (κ2) is 6.06. The number of alkyl halides is 3. The quantitative estimate of drug-likeness (QED) is 0.874. The van der Waals surface area contributed by atoms with Crippen LogP contribution in [-0.4, -0.2) is 15.6 Å². The molecule has 1 aliphatic heterocycles. The molecule has 132 valence electrons. The summed E-state index contributed by atoms with van der Waals surface area (Å²) in [7, 11) is 0. The van der Waals surface area contributed by atoms with Crippen LogP contribution in [0.3, 0.4) is 0 Å². The number of aryl methyl sites for hydroxylation is 1. The molecule has 0 bridgehead atoms. The number of aliphatic imine (C=N–C) groups is 1. The molecule has 25 heavy (non-hydrogen) atoms. The summed E-state index contributed by atoms with van der Waals surface area (Å²) in [5.41, 5.74) is 3.11. The predicted octanol–water partition coefficient (Wildman–Crippen LogP) is 4.70. The molecular formula is C18H19F3N4. The minimum atomic E-state index is -4.34. The zero-order chi connectivity index (χ0) is 18.4. The van der Waals surface area contributed by atoms with Crippen molar-refractivity contribution in [1.29, 1.82) is 0 Å². The van der Waals surface area contributed by atoms with Gasteiger partial charge in [0.25, 0.3) is 0 Å². The third kappa shape index (κ3) is 3.06. The molecule has 2 aromatic rings. The Morgan fingerprint density at radius 1 is 1.24 bits per heavy atom. The standard InChI is InChI=1S/C18H19F3N4/c1-5-25-17-11(3)22-12(4)23-16(17)15(24-25)10(2)13-6-8-14(9-7-13)18(19,20)21/h6-10H,3,5H2,1-2,4H3,(H,22,23)/t10-/m0/s1. The van der Waals surface area contributed by atoms with Crippen molar-refractivity contribution in [2.45, 2.75) is 39.4 Å². The fourth-order valence-corrected chi connectivity index (χ4v) is 2.99. The van der Waals surface area contributed by atoms with Gasteiger partial charge in [-0.2, -0.15) is 18.3 Å². The molecule has 7 heteroatoms. The first-order valence-electron chi connectivity index (χ1n) is 8.01. The van der Waals surface area contributed by atoms with Crippen molar-refractivity contribution < 1.29 is 13.2 Å². The first-order valence-corrected chi connectivity index (χ1v) is 8.01. The molecule has 1 aromatic heterocycles. The molecular weight excluding hydrogens is 329 g/mol. The third-order valence-electron chi connectivity index (χ3n) is 4.30. The van der Waals surface area contributed by atoms with Gasteiger partial charge in [-0.05, 0) is 31.5 Å². The Hall–Kier alpha value is -2.57. The van der Waals surface area contributed by atoms with Gasteiger partial charge in [-0.15, -0.1) is 0 Å². The van der Waals surface area contributed by atoms with Gasteiger partial charge in [-0.3, -0.25) is 4.68 Å². The van der Waals surface area contributed by atoms with Gasteiger partial charge >= 0.3 is 6.18 Å². The van der Waals surface area contributed by atoms with Gasteiger partial charge in [0.15, 0.2) is 0 Å². The molecule has 1 N–H and O–H groups in total. The highest BCUT2D eigenvalue weighted by atomic mass is 19.4. The van der Waals surface area contributed by atoms with E-state index in [1.165, 1.54) is 12.1 Å². The van der Waals surface area contributed by atoms with Crippen molar-refractivity contribution in [2.24, 2.45) is 4.99 Å². The molecule has 2 heterocycles. The molecule has 0 fully saturated rings. The normalized spacial score (nSPS) is 15.4. The Bertz CT molecular complexity index is 844. The SMILES string of the molecule is C=C1NC(C)=Nc2c([C@@H](C)c3ccc(C(F)(F)F)cc3)nn(CC)c21. The summed E-state index contributed by atoms with van der Waals surface area (Å²) >= 11 is 0. The summed E-state index contributed by atoms with van der Waals surface area (Å²) in [5.74, 6) is 0.528. The average Bonchev–Trinajstić information content (AvgIpc) is 2.92. The maximum absolute atomic E-state index is 12.8. The Kier molecular flexibility index (Phi) is 4.18. The number of hydrogen-bond acceptors (Lipinski definition) is 3. The van der Waals surface area contributed by atoms with Crippen LogP contribution in [0.1, 0.15) is 49.2 Å². The molecule has 3 rings (SSSR count). The number of rotatable bonds is 3. The van der Waals surface area contributed by atoms with E-state index >= 15 is 0 Å². The lowest BCUT2D eigenvalue weighted by Crippen LogP contribution is -2.22. The van der Waals surface area contributed by atoms with E-state index in [1.807, 2.05) is 25.5 Å². The zero-order valence-corrected chi connectivity index (χ0v) is 14.3. The lowest BCUT2D eigenvalue weighted by atomic mass is 9.95. The lowest BCUT2D eigenvalue weighted by Gasteiger charge is -2.17. The predicted molar refractivity (Wildman–Crippen MR) is 91.8 cm³/mol. The van der Waals surface area contributed by atoms with Gasteiger partial charge in [0.05, 0.1) is 17.0 Å². The van der Waals surface area contributed by atoms with E-state index in [1.54, 1.807) is 0 Å². The number of nitrogens with zero attached hydrogens (tertiary/aromatic N) is 3. The number of aromatic nitrogens is 2. The summed E-state index contributed by atoms with van der Waals surface area (Å²) in [6.45, 7) is 10.4. The Morgan fingerprint density at radius 2 is 1.88 bits per heavy atom. The first kappa shape index (κ1) is 17.3. The minimum absolute atomic E-state index is 0.189. The maximum Gasteiger partial charge on any atom is 0.416 e. The second-order valence-corrected chi connectivity index (χ2v) is 6.04. The van der Waals surface area contributed by atoms with E-state index in [-0.39, 0.29) is 5.92 Å². The van der Waals surface area contributed by atoms with Gasteiger partial charge in [0.2, 0.25) is 0 Å². The first-order chi connectivity index (χ1) is 11.7. The second-order valence-electron chi connectivity index (χ2n) is 6.04. The smallest absolute Gasteiger partial charge is 0.343 e. The Balaban J connectivity index is 2.04. The van der Waals surface area contributed by atoms with Crippen LogP contribution < -0.4 is 5.32 Å². The van der Waals surface area contributed by atoms with E-state index in [4.69, 9.17) is 0 Å². The molecule has 0 spiro atoms. The summed E-state index contributed by atoms with van der Waals surface area (Å²) < 4.78 is 40.1. The molecule has 0 unspecified atom stereocenters. The van der Waals surface area contributed by atoms with Gasteiger partial charge in [0, 0.05) is 12.5 Å². The van der Waals surface area contributed by atoms with E-state index in [0.717, 1.165) is 40.5 Å². The fraction of sp³-hybridized carbons (Fsp3) is 0.333. The highest BCUT2D eigenvalue weighted by Gasteiger charge is 2.31. The van der Waals surface area contributed by atoms with Gasteiger partial charge in [-0.1, -0.05) is 25.6 Å². The molecule has 0 saturated carbocycles. The van der Waals surface area contributed by atoms with Gasteiger partial charge in [0.1, 0.15) is 17.2 Å². The summed E-state index contributed by atoms with van der Waals surface area (Å²) in [4.78, 5) is 4.55. The summed E-state index contributed by atoms with van der Waals surface area (Å²) in [6, 6.07) is 5.20. The number of nitrogens with one attached hydrogen (secondary N) is 1. The molecule has 0 aliphatic carbocycles. The number of halogens is 3. The van der Waals surface area contributed by atoms with Crippen molar-refractivity contribution >= 4 is 17.2 Å². The van der Waals surface area contributed by atoms with Crippen LogP contribution in [0, 0.1) is 0 Å². The Morgan fingerprint density at radius 3 is 2.44 bits per heavy atom. The number of amidine groups is 1. The van der Waals surface area contributed by atoms with E-state index < -0.39 is 11.7 Å².